The molecule has 0 fully saturated rings. The highest BCUT2D eigenvalue weighted by Gasteiger charge is 2.22. The van der Waals surface area contributed by atoms with Crippen molar-refractivity contribution in [2.45, 2.75) is 19.4 Å². The number of carboxylic acids is 1. The minimum atomic E-state index is -1.26. The average Bonchev–Trinajstić information content (AvgIpc) is 2.20. The van der Waals surface area contributed by atoms with Crippen LogP contribution in [0.2, 0.25) is 0 Å². The number of carboxylic acid groups (broad SMARTS) is 1. The van der Waals surface area contributed by atoms with Gasteiger partial charge in [-0.25, -0.2) is 4.79 Å². The second kappa shape index (κ2) is 4.18. The predicted molar refractivity (Wildman–Crippen MR) is 52.0 cm³/mol. The summed E-state index contributed by atoms with van der Waals surface area (Å²) in [6.07, 6.45) is -0.861. The van der Waals surface area contributed by atoms with E-state index >= 15 is 0 Å². The number of carbonyl (C=O) groups is 1. The predicted octanol–water partition coefficient (Wildman–Crippen LogP) is 1.24. The number of aliphatic hydroxyl groups is 1. The zero-order chi connectivity index (χ0) is 11.6. The van der Waals surface area contributed by atoms with Gasteiger partial charge in [-0.3, -0.25) is 0 Å². The highest BCUT2D eigenvalue weighted by Crippen LogP contribution is 2.36. The summed E-state index contributed by atoms with van der Waals surface area (Å²) in [5.74, 6) is -2.28. The van der Waals surface area contributed by atoms with Gasteiger partial charge in [-0.1, -0.05) is 6.92 Å². The maximum absolute atomic E-state index is 10.8. The Labute approximate surface area is 86.2 Å². The Bertz CT molecular complexity index is 386. The third kappa shape index (κ3) is 2.02. The summed E-state index contributed by atoms with van der Waals surface area (Å²) in [6.45, 7) is 1.64. The normalized spacial score (nSPS) is 12.4. The molecule has 5 heteroatoms. The highest BCUT2D eigenvalue weighted by molar-refractivity contribution is 5.91. The fourth-order valence-electron chi connectivity index (χ4n) is 1.32. The molecule has 1 atom stereocenters. The molecule has 0 aliphatic heterocycles. The Morgan fingerprint density at radius 3 is 2.47 bits per heavy atom. The van der Waals surface area contributed by atoms with Crippen LogP contribution >= 0.6 is 0 Å². The van der Waals surface area contributed by atoms with Crippen LogP contribution in [0.15, 0.2) is 12.1 Å². The molecule has 0 aromatic heterocycles. The lowest BCUT2D eigenvalue weighted by molar-refractivity contribution is 0.0687. The van der Waals surface area contributed by atoms with Crippen molar-refractivity contribution >= 4 is 5.97 Å². The van der Waals surface area contributed by atoms with Crippen molar-refractivity contribution < 1.29 is 25.2 Å². The smallest absolute Gasteiger partial charge is 0.336 e. The Balaban J connectivity index is 3.41. The lowest BCUT2D eigenvalue weighted by Crippen LogP contribution is -2.07. The summed E-state index contributed by atoms with van der Waals surface area (Å²) in [6, 6.07) is 2.22. The maximum atomic E-state index is 10.8. The van der Waals surface area contributed by atoms with Crippen molar-refractivity contribution in [2.75, 3.05) is 0 Å². The Morgan fingerprint density at radius 2 is 2.00 bits per heavy atom. The number of aromatic carboxylic acids is 1. The minimum Gasteiger partial charge on any atom is -0.504 e. The van der Waals surface area contributed by atoms with Crippen LogP contribution < -0.4 is 0 Å². The Morgan fingerprint density at radius 1 is 1.40 bits per heavy atom. The molecule has 1 aromatic carbocycles. The van der Waals surface area contributed by atoms with Crippen LogP contribution in [0.5, 0.6) is 11.5 Å². The number of hydrogen-bond donors (Lipinski definition) is 4. The van der Waals surface area contributed by atoms with E-state index < -0.39 is 23.6 Å². The van der Waals surface area contributed by atoms with E-state index in [1.54, 1.807) is 6.92 Å². The lowest BCUT2D eigenvalue weighted by Gasteiger charge is -2.14. The molecule has 0 saturated heterocycles. The maximum Gasteiger partial charge on any atom is 0.336 e. The van der Waals surface area contributed by atoms with Crippen molar-refractivity contribution in [3.63, 3.8) is 0 Å². The number of hydrogen-bond acceptors (Lipinski definition) is 4. The molecule has 5 nitrogen and oxygen atoms in total. The summed E-state index contributed by atoms with van der Waals surface area (Å²) in [4.78, 5) is 10.8. The van der Waals surface area contributed by atoms with Gasteiger partial charge in [0.2, 0.25) is 0 Å². The third-order valence-corrected chi connectivity index (χ3v) is 2.15. The zero-order valence-corrected chi connectivity index (χ0v) is 8.14. The highest BCUT2D eigenvalue weighted by atomic mass is 16.4. The molecule has 0 aliphatic carbocycles. The molecule has 1 aromatic rings. The molecule has 0 saturated carbocycles. The molecule has 1 unspecified atom stereocenters. The molecule has 0 heterocycles. The Kier molecular flexibility index (Phi) is 3.16. The largest absolute Gasteiger partial charge is 0.504 e. The third-order valence-electron chi connectivity index (χ3n) is 2.15. The summed E-state index contributed by atoms with van der Waals surface area (Å²) >= 11 is 0. The standard InChI is InChI=1S/C10H12O5/c1-2-6(11)8-5(10(14)15)3-4-7(12)9(8)13/h3-4,6,11-13H,2H2,1H3,(H,14,15). The summed E-state index contributed by atoms with van der Waals surface area (Å²) in [5.41, 5.74) is -0.357. The molecular weight excluding hydrogens is 200 g/mol. The molecule has 0 spiro atoms. The van der Waals surface area contributed by atoms with E-state index in [-0.39, 0.29) is 17.5 Å². The van der Waals surface area contributed by atoms with Crippen molar-refractivity contribution in [3.8, 4) is 11.5 Å². The first-order valence-electron chi connectivity index (χ1n) is 4.45. The van der Waals surface area contributed by atoms with E-state index in [0.29, 0.717) is 0 Å². The van der Waals surface area contributed by atoms with Gasteiger partial charge in [-0.2, -0.15) is 0 Å². The first-order chi connectivity index (χ1) is 6.99. The zero-order valence-electron chi connectivity index (χ0n) is 8.14. The molecule has 1 rings (SSSR count). The van der Waals surface area contributed by atoms with E-state index in [4.69, 9.17) is 5.11 Å². The molecular formula is C10H12O5. The van der Waals surface area contributed by atoms with Gasteiger partial charge in [0.05, 0.1) is 11.7 Å². The molecule has 0 aliphatic rings. The van der Waals surface area contributed by atoms with Crippen LogP contribution in [-0.2, 0) is 0 Å². The Hall–Kier alpha value is -1.75. The average molecular weight is 212 g/mol. The fraction of sp³-hybridized carbons (Fsp3) is 0.300. The first-order valence-corrected chi connectivity index (χ1v) is 4.45. The monoisotopic (exact) mass is 212 g/mol. The topological polar surface area (TPSA) is 98.0 Å². The molecule has 0 radical (unpaired) electrons. The van der Waals surface area contributed by atoms with Crippen LogP contribution in [-0.4, -0.2) is 26.4 Å². The van der Waals surface area contributed by atoms with Gasteiger partial charge in [-0.05, 0) is 18.6 Å². The second-order valence-corrected chi connectivity index (χ2v) is 3.12. The molecule has 0 bridgehead atoms. The molecule has 82 valence electrons. The number of benzene rings is 1. The van der Waals surface area contributed by atoms with E-state index in [2.05, 4.69) is 0 Å². The first kappa shape index (κ1) is 11.3. The van der Waals surface area contributed by atoms with E-state index in [9.17, 15) is 20.1 Å². The van der Waals surface area contributed by atoms with Crippen LogP contribution in [0.4, 0.5) is 0 Å². The van der Waals surface area contributed by atoms with Crippen molar-refractivity contribution in [2.24, 2.45) is 0 Å². The molecule has 15 heavy (non-hydrogen) atoms. The second-order valence-electron chi connectivity index (χ2n) is 3.12. The lowest BCUT2D eigenvalue weighted by atomic mass is 9.99. The summed E-state index contributed by atoms with van der Waals surface area (Å²) in [7, 11) is 0. The quantitative estimate of drug-likeness (QED) is 0.565. The van der Waals surface area contributed by atoms with Gasteiger partial charge in [0.1, 0.15) is 0 Å². The van der Waals surface area contributed by atoms with Crippen LogP contribution in [0.25, 0.3) is 0 Å². The van der Waals surface area contributed by atoms with E-state index in [1.807, 2.05) is 0 Å². The number of rotatable bonds is 3. The van der Waals surface area contributed by atoms with Crippen molar-refractivity contribution in [1.29, 1.82) is 0 Å². The number of aliphatic hydroxyl groups excluding tert-OH is 1. The SMILES string of the molecule is CCC(O)c1c(C(=O)O)ccc(O)c1O. The van der Waals surface area contributed by atoms with Crippen molar-refractivity contribution in [1.82, 2.24) is 0 Å². The summed E-state index contributed by atoms with van der Waals surface area (Å²) < 4.78 is 0. The van der Waals surface area contributed by atoms with Crippen LogP contribution in [0, 0.1) is 0 Å². The van der Waals surface area contributed by atoms with Gasteiger partial charge in [0.25, 0.3) is 0 Å². The van der Waals surface area contributed by atoms with Gasteiger partial charge < -0.3 is 20.4 Å². The molecule has 4 N–H and O–H groups in total. The van der Waals surface area contributed by atoms with Crippen LogP contribution in [0.1, 0.15) is 35.4 Å². The number of phenolic OH excluding ortho intramolecular Hbond substituents is 2. The van der Waals surface area contributed by atoms with E-state index in [0.717, 1.165) is 12.1 Å². The molecule has 0 amide bonds. The van der Waals surface area contributed by atoms with E-state index in [1.165, 1.54) is 0 Å². The summed E-state index contributed by atoms with van der Waals surface area (Å²) in [5, 5.41) is 37.0. The van der Waals surface area contributed by atoms with Crippen molar-refractivity contribution in [3.05, 3.63) is 23.3 Å². The van der Waals surface area contributed by atoms with Gasteiger partial charge in [0.15, 0.2) is 11.5 Å². The van der Waals surface area contributed by atoms with Gasteiger partial charge in [0, 0.05) is 5.56 Å². The minimum absolute atomic E-state index is 0.148. The van der Waals surface area contributed by atoms with Gasteiger partial charge in [-0.15, -0.1) is 0 Å². The number of phenols is 2. The van der Waals surface area contributed by atoms with Gasteiger partial charge >= 0.3 is 5.97 Å². The fourth-order valence-corrected chi connectivity index (χ4v) is 1.32. The number of aromatic hydroxyl groups is 2. The van der Waals surface area contributed by atoms with Crippen LogP contribution in [0.3, 0.4) is 0 Å².